The normalized spacial score (nSPS) is 22.7. The van der Waals surface area contributed by atoms with Crippen LogP contribution >= 0.6 is 0 Å². The summed E-state index contributed by atoms with van der Waals surface area (Å²) in [5.41, 5.74) is 1.81. The van der Waals surface area contributed by atoms with Gasteiger partial charge in [0.2, 0.25) is 0 Å². The molecule has 1 aromatic rings. The Morgan fingerprint density at radius 2 is 2.50 bits per heavy atom. The number of aliphatic hydroxyl groups excluding tert-OH is 1. The highest BCUT2D eigenvalue weighted by molar-refractivity contribution is 6.00. The molecule has 0 saturated carbocycles. The Morgan fingerprint density at radius 1 is 1.64 bits per heavy atom. The van der Waals surface area contributed by atoms with Crippen LogP contribution in [0.4, 0.5) is 0 Å². The van der Waals surface area contributed by atoms with E-state index in [0.717, 1.165) is 11.3 Å². The van der Waals surface area contributed by atoms with Gasteiger partial charge in [-0.3, -0.25) is 4.98 Å². The van der Waals surface area contributed by atoms with Crippen LogP contribution in [-0.2, 0) is 4.84 Å². The minimum Gasteiger partial charge on any atom is -0.389 e. The predicted octanol–water partition coefficient (Wildman–Crippen LogP) is 0.955. The molecule has 4 heteroatoms. The van der Waals surface area contributed by atoms with Gasteiger partial charge in [0.25, 0.3) is 0 Å². The van der Waals surface area contributed by atoms with Crippen molar-refractivity contribution >= 4 is 5.71 Å². The van der Waals surface area contributed by atoms with Gasteiger partial charge in [-0.25, -0.2) is 0 Å². The summed E-state index contributed by atoms with van der Waals surface area (Å²) in [5, 5.41) is 13.2. The van der Waals surface area contributed by atoms with Crippen molar-refractivity contribution in [3.8, 4) is 0 Å². The van der Waals surface area contributed by atoms with Crippen LogP contribution in [0.2, 0.25) is 0 Å². The Bertz CT molecular complexity index is 335. The van der Waals surface area contributed by atoms with E-state index >= 15 is 0 Å². The minimum atomic E-state index is -0.493. The molecule has 1 aromatic heterocycles. The van der Waals surface area contributed by atoms with Gasteiger partial charge in [0, 0.05) is 24.4 Å². The lowest BCUT2D eigenvalue weighted by Crippen LogP contribution is -2.22. The quantitative estimate of drug-likeness (QED) is 0.759. The highest BCUT2D eigenvalue weighted by Gasteiger charge is 2.25. The Morgan fingerprint density at radius 3 is 3.07 bits per heavy atom. The maximum atomic E-state index is 9.30. The molecule has 0 spiro atoms. The molecule has 0 bridgehead atoms. The van der Waals surface area contributed by atoms with Gasteiger partial charge in [-0.1, -0.05) is 5.16 Å². The van der Waals surface area contributed by atoms with Crippen LogP contribution in [0.15, 0.2) is 29.7 Å². The van der Waals surface area contributed by atoms with Crippen molar-refractivity contribution in [3.63, 3.8) is 0 Å². The second-order valence-corrected chi connectivity index (χ2v) is 3.37. The fraction of sp³-hybridized carbons (Fsp3) is 0.400. The van der Waals surface area contributed by atoms with Crippen molar-refractivity contribution in [1.29, 1.82) is 0 Å². The number of rotatable bonds is 2. The van der Waals surface area contributed by atoms with Crippen LogP contribution in [-0.4, -0.2) is 28.0 Å². The summed E-state index contributed by atoms with van der Waals surface area (Å²) < 4.78 is 0. The van der Waals surface area contributed by atoms with Crippen LogP contribution in [0, 0.1) is 0 Å². The van der Waals surface area contributed by atoms with Crippen LogP contribution in [0.3, 0.4) is 0 Å². The van der Waals surface area contributed by atoms with E-state index in [-0.39, 0.29) is 6.10 Å². The van der Waals surface area contributed by atoms with E-state index in [0.29, 0.717) is 6.42 Å². The summed E-state index contributed by atoms with van der Waals surface area (Å²) in [6.07, 6.45) is 3.39. The fourth-order valence-electron chi connectivity index (χ4n) is 1.36. The predicted molar refractivity (Wildman–Crippen MR) is 51.9 cm³/mol. The van der Waals surface area contributed by atoms with Crippen LogP contribution in [0.25, 0.3) is 0 Å². The molecular weight excluding hydrogens is 180 g/mol. The van der Waals surface area contributed by atoms with E-state index in [1.807, 2.05) is 12.1 Å². The van der Waals surface area contributed by atoms with E-state index in [1.165, 1.54) is 0 Å². The summed E-state index contributed by atoms with van der Waals surface area (Å²) in [5.74, 6) is 0. The minimum absolute atomic E-state index is 0.217. The molecule has 4 nitrogen and oxygen atoms in total. The Hall–Kier alpha value is -1.42. The molecule has 2 heterocycles. The van der Waals surface area contributed by atoms with Crippen LogP contribution < -0.4 is 0 Å². The number of pyridine rings is 1. The van der Waals surface area contributed by atoms with Crippen molar-refractivity contribution < 1.29 is 9.94 Å². The summed E-state index contributed by atoms with van der Waals surface area (Å²) in [6, 6.07) is 3.78. The van der Waals surface area contributed by atoms with Gasteiger partial charge in [-0.2, -0.15) is 0 Å². The first kappa shape index (κ1) is 9.15. The Labute approximate surface area is 82.2 Å². The standard InChI is InChI=1S/C10H12N2O2/c1-7(13)10-5-9(12-14-10)8-3-2-4-11-6-8/h2-4,6-7,10,13H,5H2,1H3. The van der Waals surface area contributed by atoms with Gasteiger partial charge in [0.05, 0.1) is 11.8 Å². The lowest BCUT2D eigenvalue weighted by atomic mass is 10.0. The van der Waals surface area contributed by atoms with Gasteiger partial charge in [0.1, 0.15) is 0 Å². The molecule has 14 heavy (non-hydrogen) atoms. The van der Waals surface area contributed by atoms with E-state index in [1.54, 1.807) is 19.3 Å². The molecule has 0 radical (unpaired) electrons. The molecule has 1 aliphatic rings. The molecule has 0 aliphatic carbocycles. The second kappa shape index (κ2) is 3.75. The SMILES string of the molecule is CC(O)C1CC(c2cccnc2)=NO1. The van der Waals surface area contributed by atoms with Crippen molar-refractivity contribution in [1.82, 2.24) is 4.98 Å². The molecule has 0 fully saturated rings. The molecular formula is C10H12N2O2. The molecule has 0 amide bonds. The maximum absolute atomic E-state index is 9.30. The molecule has 1 aliphatic heterocycles. The number of hydrogen-bond donors (Lipinski definition) is 1. The van der Waals surface area contributed by atoms with Crippen LogP contribution in [0.5, 0.6) is 0 Å². The molecule has 0 aromatic carbocycles. The molecule has 2 atom stereocenters. The number of aliphatic hydroxyl groups is 1. The van der Waals surface area contributed by atoms with Gasteiger partial charge in [-0.05, 0) is 19.1 Å². The summed E-state index contributed by atoms with van der Waals surface area (Å²) in [4.78, 5) is 9.09. The topological polar surface area (TPSA) is 54.7 Å². The summed E-state index contributed by atoms with van der Waals surface area (Å²) in [6.45, 7) is 1.70. The van der Waals surface area contributed by atoms with E-state index in [9.17, 15) is 5.11 Å². The third-order valence-electron chi connectivity index (χ3n) is 2.23. The average molecular weight is 192 g/mol. The van der Waals surface area contributed by atoms with Crippen molar-refractivity contribution in [2.45, 2.75) is 25.6 Å². The van der Waals surface area contributed by atoms with Crippen molar-refractivity contribution in [2.24, 2.45) is 5.16 Å². The van der Waals surface area contributed by atoms with E-state index in [2.05, 4.69) is 10.1 Å². The number of hydrogen-bond acceptors (Lipinski definition) is 4. The number of nitrogens with zero attached hydrogens (tertiary/aromatic N) is 2. The monoisotopic (exact) mass is 192 g/mol. The molecule has 74 valence electrons. The Kier molecular flexibility index (Phi) is 2.45. The zero-order valence-electron chi connectivity index (χ0n) is 7.92. The average Bonchev–Trinajstić information content (AvgIpc) is 2.68. The highest BCUT2D eigenvalue weighted by Crippen LogP contribution is 2.18. The van der Waals surface area contributed by atoms with Crippen LogP contribution in [0.1, 0.15) is 18.9 Å². The zero-order valence-corrected chi connectivity index (χ0v) is 7.92. The number of aromatic nitrogens is 1. The second-order valence-electron chi connectivity index (χ2n) is 3.37. The lowest BCUT2D eigenvalue weighted by molar-refractivity contribution is -0.00780. The summed E-state index contributed by atoms with van der Waals surface area (Å²) >= 11 is 0. The summed E-state index contributed by atoms with van der Waals surface area (Å²) in [7, 11) is 0. The first-order valence-corrected chi connectivity index (χ1v) is 4.58. The lowest BCUT2D eigenvalue weighted by Gasteiger charge is -2.09. The first-order chi connectivity index (χ1) is 6.77. The smallest absolute Gasteiger partial charge is 0.158 e. The first-order valence-electron chi connectivity index (χ1n) is 4.58. The van der Waals surface area contributed by atoms with Crippen molar-refractivity contribution in [2.75, 3.05) is 0 Å². The zero-order chi connectivity index (χ0) is 9.97. The largest absolute Gasteiger partial charge is 0.389 e. The molecule has 1 N–H and O–H groups in total. The highest BCUT2D eigenvalue weighted by atomic mass is 16.6. The molecule has 0 saturated heterocycles. The maximum Gasteiger partial charge on any atom is 0.158 e. The third-order valence-corrected chi connectivity index (χ3v) is 2.23. The molecule has 2 unspecified atom stereocenters. The van der Waals surface area contributed by atoms with E-state index < -0.39 is 6.10 Å². The van der Waals surface area contributed by atoms with Crippen molar-refractivity contribution in [3.05, 3.63) is 30.1 Å². The van der Waals surface area contributed by atoms with Gasteiger partial charge in [-0.15, -0.1) is 0 Å². The van der Waals surface area contributed by atoms with Gasteiger partial charge in [0.15, 0.2) is 6.10 Å². The third kappa shape index (κ3) is 1.75. The number of oxime groups is 1. The molecule has 2 rings (SSSR count). The van der Waals surface area contributed by atoms with Gasteiger partial charge >= 0.3 is 0 Å². The van der Waals surface area contributed by atoms with E-state index in [4.69, 9.17) is 4.84 Å². The Balaban J connectivity index is 2.09. The van der Waals surface area contributed by atoms with Gasteiger partial charge < -0.3 is 9.94 Å². The fourth-order valence-corrected chi connectivity index (χ4v) is 1.36.